The first-order chi connectivity index (χ1) is 15.1. The molecule has 0 aliphatic carbocycles. The third-order valence-corrected chi connectivity index (χ3v) is 6.40. The zero-order valence-corrected chi connectivity index (χ0v) is 18.6. The van der Waals surface area contributed by atoms with Gasteiger partial charge in [-0.25, -0.2) is 0 Å². The molecule has 1 atom stereocenters. The Labute approximate surface area is 185 Å². The van der Waals surface area contributed by atoms with Crippen LogP contribution in [0.2, 0.25) is 0 Å². The summed E-state index contributed by atoms with van der Waals surface area (Å²) in [6, 6.07) is 14.5. The van der Waals surface area contributed by atoms with Crippen LogP contribution in [0.5, 0.6) is 0 Å². The highest BCUT2D eigenvalue weighted by Crippen LogP contribution is 2.25. The average molecular weight is 424 g/mol. The van der Waals surface area contributed by atoms with E-state index in [-0.39, 0.29) is 5.91 Å². The molecule has 1 N–H and O–H groups in total. The maximum atomic E-state index is 13.0. The van der Waals surface area contributed by atoms with Crippen LogP contribution in [-0.2, 0) is 24.1 Å². The molecule has 0 radical (unpaired) electrons. The van der Waals surface area contributed by atoms with E-state index < -0.39 is 6.10 Å². The number of rotatable bonds is 8. The molecule has 166 valence electrons. The fourth-order valence-electron chi connectivity index (χ4n) is 4.72. The number of carbonyl (C=O) groups is 1. The molecular weight excluding hydrogens is 390 g/mol. The SMILES string of the molecule is CCN(COC)c1ccc2c(c1)CCN(CC(O)CN1CCc3ccccc3C1)C2=O. The van der Waals surface area contributed by atoms with Crippen LogP contribution in [-0.4, -0.2) is 73.5 Å². The quantitative estimate of drug-likeness (QED) is 0.662. The fourth-order valence-corrected chi connectivity index (χ4v) is 4.72. The average Bonchev–Trinajstić information content (AvgIpc) is 2.79. The van der Waals surface area contributed by atoms with Crippen molar-refractivity contribution in [3.05, 3.63) is 64.7 Å². The standard InChI is InChI=1S/C25H33N3O3/c1-3-27(18-31-2)22-8-9-24-20(14-22)11-13-28(25(24)30)17-23(29)16-26-12-10-19-6-4-5-7-21(19)15-26/h4-9,14,23,29H,3,10-13,15-18H2,1-2H3. The van der Waals surface area contributed by atoms with Crippen LogP contribution in [0.1, 0.15) is 34.0 Å². The summed E-state index contributed by atoms with van der Waals surface area (Å²) >= 11 is 0. The Kier molecular flexibility index (Phi) is 6.90. The van der Waals surface area contributed by atoms with Gasteiger partial charge in [-0.05, 0) is 54.7 Å². The molecule has 0 aromatic heterocycles. The van der Waals surface area contributed by atoms with Crippen molar-refractivity contribution < 1.29 is 14.6 Å². The molecule has 31 heavy (non-hydrogen) atoms. The first kappa shape index (κ1) is 21.8. The lowest BCUT2D eigenvalue weighted by molar-refractivity contribution is 0.0493. The summed E-state index contributed by atoms with van der Waals surface area (Å²) in [4.78, 5) is 19.3. The Morgan fingerprint density at radius 2 is 1.84 bits per heavy atom. The minimum absolute atomic E-state index is 0.0191. The largest absolute Gasteiger partial charge is 0.390 e. The summed E-state index contributed by atoms with van der Waals surface area (Å²) in [5, 5.41) is 10.7. The van der Waals surface area contributed by atoms with E-state index in [9.17, 15) is 9.90 Å². The van der Waals surface area contributed by atoms with Gasteiger partial charge in [0.1, 0.15) is 6.73 Å². The number of benzene rings is 2. The van der Waals surface area contributed by atoms with Gasteiger partial charge < -0.3 is 19.6 Å². The van der Waals surface area contributed by atoms with Crippen molar-refractivity contribution in [2.75, 3.05) is 51.5 Å². The van der Waals surface area contributed by atoms with Crippen molar-refractivity contribution in [1.82, 2.24) is 9.80 Å². The minimum Gasteiger partial charge on any atom is -0.390 e. The molecule has 0 saturated carbocycles. The van der Waals surface area contributed by atoms with E-state index in [0.29, 0.717) is 26.4 Å². The van der Waals surface area contributed by atoms with Gasteiger partial charge in [-0.1, -0.05) is 24.3 Å². The lowest BCUT2D eigenvalue weighted by Crippen LogP contribution is -2.46. The molecular formula is C25H33N3O3. The van der Waals surface area contributed by atoms with E-state index in [1.165, 1.54) is 11.1 Å². The topological polar surface area (TPSA) is 56.2 Å². The van der Waals surface area contributed by atoms with E-state index in [2.05, 4.69) is 47.1 Å². The van der Waals surface area contributed by atoms with Crippen LogP contribution in [0.4, 0.5) is 5.69 Å². The number of aliphatic hydroxyl groups is 1. The van der Waals surface area contributed by atoms with Crippen molar-refractivity contribution in [2.24, 2.45) is 0 Å². The monoisotopic (exact) mass is 423 g/mol. The fraction of sp³-hybridized carbons (Fsp3) is 0.480. The lowest BCUT2D eigenvalue weighted by atomic mass is 9.97. The second-order valence-corrected chi connectivity index (χ2v) is 8.52. The Morgan fingerprint density at radius 1 is 1.06 bits per heavy atom. The molecule has 2 heterocycles. The number of amides is 1. The molecule has 4 rings (SSSR count). The molecule has 0 bridgehead atoms. The molecule has 6 heteroatoms. The van der Waals surface area contributed by atoms with Crippen LogP contribution in [0.15, 0.2) is 42.5 Å². The summed E-state index contributed by atoms with van der Waals surface area (Å²) < 4.78 is 5.28. The van der Waals surface area contributed by atoms with Gasteiger partial charge in [0.15, 0.2) is 0 Å². The number of aliphatic hydroxyl groups excluding tert-OH is 1. The zero-order chi connectivity index (χ0) is 21.8. The molecule has 6 nitrogen and oxygen atoms in total. The lowest BCUT2D eigenvalue weighted by Gasteiger charge is -2.34. The maximum absolute atomic E-state index is 13.0. The van der Waals surface area contributed by atoms with E-state index in [1.54, 1.807) is 12.0 Å². The number of ether oxygens (including phenoxy) is 1. The molecule has 1 amide bonds. The normalized spacial score (nSPS) is 17.3. The number of β-amino-alcohol motifs (C(OH)–C–C–N with tert-alkyl or cyclic N) is 1. The second-order valence-electron chi connectivity index (χ2n) is 8.52. The summed E-state index contributed by atoms with van der Waals surface area (Å²) in [5.41, 5.74) is 5.66. The van der Waals surface area contributed by atoms with Crippen LogP contribution < -0.4 is 4.90 Å². The summed E-state index contributed by atoms with van der Waals surface area (Å²) in [6.45, 7) is 6.89. The molecule has 1 unspecified atom stereocenters. The Bertz CT molecular complexity index is 917. The van der Waals surface area contributed by atoms with E-state index >= 15 is 0 Å². The molecule has 0 spiro atoms. The third kappa shape index (κ3) is 4.92. The van der Waals surface area contributed by atoms with Crippen LogP contribution in [0.3, 0.4) is 0 Å². The first-order valence-electron chi connectivity index (χ1n) is 11.2. The van der Waals surface area contributed by atoms with E-state index in [4.69, 9.17) is 4.74 Å². The van der Waals surface area contributed by atoms with Crippen molar-refractivity contribution >= 4 is 11.6 Å². The molecule has 2 aliphatic rings. The Balaban J connectivity index is 1.36. The van der Waals surface area contributed by atoms with Crippen molar-refractivity contribution in [2.45, 2.75) is 32.4 Å². The van der Waals surface area contributed by atoms with Crippen LogP contribution in [0.25, 0.3) is 0 Å². The van der Waals surface area contributed by atoms with Gasteiger partial charge in [0.25, 0.3) is 5.91 Å². The number of carbonyl (C=O) groups excluding carboxylic acids is 1. The second kappa shape index (κ2) is 9.81. The minimum atomic E-state index is -0.549. The Morgan fingerprint density at radius 3 is 2.61 bits per heavy atom. The van der Waals surface area contributed by atoms with Crippen LogP contribution >= 0.6 is 0 Å². The summed E-state index contributed by atoms with van der Waals surface area (Å²) in [7, 11) is 1.69. The predicted octanol–water partition coefficient (Wildman–Crippen LogP) is 2.53. The predicted molar refractivity (Wildman–Crippen MR) is 122 cm³/mol. The smallest absolute Gasteiger partial charge is 0.254 e. The number of hydrogen-bond acceptors (Lipinski definition) is 5. The van der Waals surface area contributed by atoms with Gasteiger partial charge in [0, 0.05) is 57.6 Å². The van der Waals surface area contributed by atoms with E-state index in [0.717, 1.165) is 49.3 Å². The highest BCUT2D eigenvalue weighted by molar-refractivity contribution is 5.97. The van der Waals surface area contributed by atoms with E-state index in [1.807, 2.05) is 12.1 Å². The maximum Gasteiger partial charge on any atom is 0.254 e. The first-order valence-corrected chi connectivity index (χ1v) is 11.2. The van der Waals surface area contributed by atoms with Gasteiger partial charge in [-0.15, -0.1) is 0 Å². The number of anilines is 1. The van der Waals surface area contributed by atoms with Gasteiger partial charge in [0.2, 0.25) is 0 Å². The summed E-state index contributed by atoms with van der Waals surface area (Å²) in [5.74, 6) is 0.0191. The molecule has 0 fully saturated rings. The number of nitrogens with zero attached hydrogens (tertiary/aromatic N) is 3. The number of fused-ring (bicyclic) bond motifs is 2. The van der Waals surface area contributed by atoms with Crippen molar-refractivity contribution in [1.29, 1.82) is 0 Å². The highest BCUT2D eigenvalue weighted by atomic mass is 16.5. The Hall–Kier alpha value is -2.41. The van der Waals surface area contributed by atoms with Crippen molar-refractivity contribution in [3.8, 4) is 0 Å². The molecule has 2 aromatic carbocycles. The van der Waals surface area contributed by atoms with Crippen LogP contribution in [0, 0.1) is 0 Å². The summed E-state index contributed by atoms with van der Waals surface area (Å²) in [6.07, 6.45) is 1.27. The third-order valence-electron chi connectivity index (χ3n) is 6.40. The number of hydrogen-bond donors (Lipinski definition) is 1. The molecule has 2 aromatic rings. The van der Waals surface area contributed by atoms with Gasteiger partial charge >= 0.3 is 0 Å². The zero-order valence-electron chi connectivity index (χ0n) is 18.6. The van der Waals surface area contributed by atoms with Gasteiger partial charge in [-0.2, -0.15) is 0 Å². The van der Waals surface area contributed by atoms with Crippen molar-refractivity contribution in [3.63, 3.8) is 0 Å². The highest BCUT2D eigenvalue weighted by Gasteiger charge is 2.27. The van der Waals surface area contributed by atoms with Gasteiger partial charge in [0.05, 0.1) is 6.10 Å². The van der Waals surface area contributed by atoms with Gasteiger partial charge in [-0.3, -0.25) is 9.69 Å². The number of methoxy groups -OCH3 is 1. The molecule has 2 aliphatic heterocycles. The molecule has 0 saturated heterocycles.